The van der Waals surface area contributed by atoms with Gasteiger partial charge in [0.15, 0.2) is 11.6 Å². The lowest BCUT2D eigenvalue weighted by Gasteiger charge is -2.30. The smallest absolute Gasteiger partial charge is 0.231 e. The standard InChI is InChI=1S/C12H16N2O2/c1-9-5-4-8-14(12(9)15)11-10(16-2)6-3-7-13-11/h3,6-7,9H,4-5,8H2,1-2H3. The number of anilines is 1. The zero-order valence-corrected chi connectivity index (χ0v) is 9.64. The second-order valence-electron chi connectivity index (χ2n) is 4.06. The Labute approximate surface area is 95.2 Å². The van der Waals surface area contributed by atoms with Crippen LogP contribution in [0.4, 0.5) is 5.82 Å². The fraction of sp³-hybridized carbons (Fsp3) is 0.500. The highest BCUT2D eigenvalue weighted by atomic mass is 16.5. The van der Waals surface area contributed by atoms with E-state index in [1.807, 2.05) is 13.0 Å². The molecule has 1 aromatic rings. The Morgan fingerprint density at radius 2 is 2.38 bits per heavy atom. The van der Waals surface area contributed by atoms with Gasteiger partial charge in [-0.3, -0.25) is 9.69 Å². The molecule has 1 atom stereocenters. The third-order valence-corrected chi connectivity index (χ3v) is 2.93. The van der Waals surface area contributed by atoms with Crippen LogP contribution < -0.4 is 9.64 Å². The third-order valence-electron chi connectivity index (χ3n) is 2.93. The predicted molar refractivity (Wildman–Crippen MR) is 61.5 cm³/mol. The molecule has 0 bridgehead atoms. The molecule has 0 saturated carbocycles. The van der Waals surface area contributed by atoms with Gasteiger partial charge in [0, 0.05) is 18.7 Å². The number of rotatable bonds is 2. The molecule has 1 unspecified atom stereocenters. The second kappa shape index (κ2) is 4.51. The van der Waals surface area contributed by atoms with Gasteiger partial charge in [0.1, 0.15) is 0 Å². The van der Waals surface area contributed by atoms with Gasteiger partial charge >= 0.3 is 0 Å². The zero-order chi connectivity index (χ0) is 11.5. The molecule has 4 heteroatoms. The number of ether oxygens (including phenoxy) is 1. The minimum absolute atomic E-state index is 0.0838. The lowest BCUT2D eigenvalue weighted by atomic mass is 9.99. The van der Waals surface area contributed by atoms with Crippen LogP contribution in [0.3, 0.4) is 0 Å². The maximum absolute atomic E-state index is 12.0. The maximum Gasteiger partial charge on any atom is 0.231 e. The number of hydrogen-bond donors (Lipinski definition) is 0. The first-order valence-electron chi connectivity index (χ1n) is 5.54. The first-order valence-corrected chi connectivity index (χ1v) is 5.54. The topological polar surface area (TPSA) is 42.4 Å². The number of amides is 1. The number of carbonyl (C=O) groups is 1. The first-order chi connectivity index (χ1) is 7.74. The SMILES string of the molecule is COc1cccnc1N1CCCC(C)C1=O. The Morgan fingerprint density at radius 1 is 1.56 bits per heavy atom. The van der Waals surface area contributed by atoms with Crippen molar-refractivity contribution in [2.45, 2.75) is 19.8 Å². The molecule has 1 aromatic heterocycles. The number of hydrogen-bond acceptors (Lipinski definition) is 3. The van der Waals surface area contributed by atoms with Gasteiger partial charge in [0.25, 0.3) is 0 Å². The Morgan fingerprint density at radius 3 is 3.12 bits per heavy atom. The molecule has 0 spiro atoms. The van der Waals surface area contributed by atoms with Crippen molar-refractivity contribution in [2.24, 2.45) is 5.92 Å². The summed E-state index contributed by atoms with van der Waals surface area (Å²) in [7, 11) is 1.60. The second-order valence-corrected chi connectivity index (χ2v) is 4.06. The maximum atomic E-state index is 12.0. The summed E-state index contributed by atoms with van der Waals surface area (Å²) in [5.74, 6) is 1.52. The quantitative estimate of drug-likeness (QED) is 0.764. The molecule has 1 saturated heterocycles. The van der Waals surface area contributed by atoms with Crippen LogP contribution in [-0.4, -0.2) is 24.5 Å². The van der Waals surface area contributed by atoms with Gasteiger partial charge in [-0.15, -0.1) is 0 Å². The van der Waals surface area contributed by atoms with Crippen LogP contribution in [0.5, 0.6) is 5.75 Å². The summed E-state index contributed by atoms with van der Waals surface area (Å²) < 4.78 is 5.23. The largest absolute Gasteiger partial charge is 0.493 e. The van der Waals surface area contributed by atoms with E-state index in [4.69, 9.17) is 4.74 Å². The van der Waals surface area contributed by atoms with Crippen LogP contribution in [0.25, 0.3) is 0 Å². The summed E-state index contributed by atoms with van der Waals surface area (Å²) in [6.45, 7) is 2.69. The first kappa shape index (κ1) is 10.9. The Kier molecular flexibility index (Phi) is 3.08. The molecule has 0 aromatic carbocycles. The molecule has 2 rings (SSSR count). The number of carbonyl (C=O) groups excluding carboxylic acids is 1. The Balaban J connectivity index is 2.32. The van der Waals surface area contributed by atoms with Gasteiger partial charge < -0.3 is 4.74 Å². The normalized spacial score (nSPS) is 21.0. The molecular formula is C12H16N2O2. The van der Waals surface area contributed by atoms with Gasteiger partial charge in [-0.25, -0.2) is 4.98 Å². The summed E-state index contributed by atoms with van der Waals surface area (Å²) in [5.41, 5.74) is 0. The van der Waals surface area contributed by atoms with Crippen LogP contribution in [0.1, 0.15) is 19.8 Å². The van der Waals surface area contributed by atoms with Crippen LogP contribution in [0.15, 0.2) is 18.3 Å². The Hall–Kier alpha value is -1.58. The summed E-state index contributed by atoms with van der Waals surface area (Å²) in [5, 5.41) is 0. The van der Waals surface area contributed by atoms with Crippen molar-refractivity contribution in [3.05, 3.63) is 18.3 Å². The highest BCUT2D eigenvalue weighted by molar-refractivity contribution is 5.95. The molecule has 0 radical (unpaired) electrons. The van der Waals surface area contributed by atoms with Crippen molar-refractivity contribution in [3.8, 4) is 5.75 Å². The monoisotopic (exact) mass is 220 g/mol. The summed E-state index contributed by atoms with van der Waals surface area (Å²) >= 11 is 0. The van der Waals surface area contributed by atoms with E-state index in [0.717, 1.165) is 19.4 Å². The molecule has 16 heavy (non-hydrogen) atoms. The molecule has 4 nitrogen and oxygen atoms in total. The average Bonchev–Trinajstić information content (AvgIpc) is 2.33. The van der Waals surface area contributed by atoms with Gasteiger partial charge in [0.2, 0.25) is 5.91 Å². The molecule has 1 aliphatic rings. The van der Waals surface area contributed by atoms with E-state index >= 15 is 0 Å². The summed E-state index contributed by atoms with van der Waals surface area (Å²) in [6.07, 6.45) is 3.67. The minimum atomic E-state index is 0.0838. The van der Waals surface area contributed by atoms with Crippen molar-refractivity contribution in [2.75, 3.05) is 18.6 Å². The van der Waals surface area contributed by atoms with Gasteiger partial charge in [-0.05, 0) is 25.0 Å². The van der Waals surface area contributed by atoms with Crippen molar-refractivity contribution in [3.63, 3.8) is 0 Å². The number of piperidine rings is 1. The molecule has 86 valence electrons. The number of aromatic nitrogens is 1. The molecule has 1 aliphatic heterocycles. The van der Waals surface area contributed by atoms with Gasteiger partial charge in [-0.1, -0.05) is 6.92 Å². The van der Waals surface area contributed by atoms with E-state index in [1.54, 1.807) is 24.3 Å². The van der Waals surface area contributed by atoms with Gasteiger partial charge in [-0.2, -0.15) is 0 Å². The summed E-state index contributed by atoms with van der Waals surface area (Å²) in [4.78, 5) is 18.0. The fourth-order valence-electron chi connectivity index (χ4n) is 2.01. The minimum Gasteiger partial charge on any atom is -0.493 e. The molecule has 1 fully saturated rings. The fourth-order valence-corrected chi connectivity index (χ4v) is 2.01. The van der Waals surface area contributed by atoms with Crippen LogP contribution >= 0.6 is 0 Å². The Bertz CT molecular complexity index is 392. The van der Waals surface area contributed by atoms with Crippen molar-refractivity contribution in [1.29, 1.82) is 0 Å². The number of nitrogens with zero attached hydrogens (tertiary/aromatic N) is 2. The molecule has 0 aliphatic carbocycles. The lowest BCUT2D eigenvalue weighted by Crippen LogP contribution is -2.40. The van der Waals surface area contributed by atoms with E-state index in [2.05, 4.69) is 4.98 Å². The number of pyridine rings is 1. The van der Waals surface area contributed by atoms with E-state index < -0.39 is 0 Å². The van der Waals surface area contributed by atoms with Crippen LogP contribution in [0, 0.1) is 5.92 Å². The third kappa shape index (κ3) is 1.87. The highest BCUT2D eigenvalue weighted by Gasteiger charge is 2.28. The molecule has 1 amide bonds. The van der Waals surface area contributed by atoms with Gasteiger partial charge in [0.05, 0.1) is 7.11 Å². The highest BCUT2D eigenvalue weighted by Crippen LogP contribution is 2.29. The number of methoxy groups -OCH3 is 1. The van der Waals surface area contributed by atoms with E-state index in [9.17, 15) is 4.79 Å². The molecule has 0 N–H and O–H groups in total. The van der Waals surface area contributed by atoms with Crippen molar-refractivity contribution >= 4 is 11.7 Å². The predicted octanol–water partition coefficient (Wildman–Crippen LogP) is 1.85. The molecular weight excluding hydrogens is 204 g/mol. The molecule has 2 heterocycles. The van der Waals surface area contributed by atoms with Crippen molar-refractivity contribution < 1.29 is 9.53 Å². The zero-order valence-electron chi connectivity index (χ0n) is 9.64. The average molecular weight is 220 g/mol. The van der Waals surface area contributed by atoms with E-state index in [1.165, 1.54) is 0 Å². The van der Waals surface area contributed by atoms with Crippen molar-refractivity contribution in [1.82, 2.24) is 4.98 Å². The van der Waals surface area contributed by atoms with E-state index in [-0.39, 0.29) is 11.8 Å². The summed E-state index contributed by atoms with van der Waals surface area (Å²) in [6, 6.07) is 3.63. The van der Waals surface area contributed by atoms with E-state index in [0.29, 0.717) is 11.6 Å². The van der Waals surface area contributed by atoms with Crippen LogP contribution in [0.2, 0.25) is 0 Å². The van der Waals surface area contributed by atoms with Crippen LogP contribution in [-0.2, 0) is 4.79 Å². The lowest BCUT2D eigenvalue weighted by molar-refractivity contribution is -0.123.